The first-order valence-corrected chi connectivity index (χ1v) is 6.12. The highest BCUT2D eigenvalue weighted by Gasteiger charge is 2.17. The molecule has 0 aliphatic heterocycles. The van der Waals surface area contributed by atoms with Crippen LogP contribution in [0, 0.1) is 5.92 Å². The van der Waals surface area contributed by atoms with Crippen molar-refractivity contribution >= 4 is 35.9 Å². The van der Waals surface area contributed by atoms with E-state index in [1.807, 2.05) is 20.8 Å². The number of nitrogens with one attached hydrogen (secondary N) is 1. The summed E-state index contributed by atoms with van der Waals surface area (Å²) in [6.45, 7) is 6.30. The van der Waals surface area contributed by atoms with Crippen molar-refractivity contribution in [1.82, 2.24) is 5.32 Å². The van der Waals surface area contributed by atoms with Crippen LogP contribution in [0.25, 0.3) is 0 Å². The van der Waals surface area contributed by atoms with Gasteiger partial charge in [0.2, 0.25) is 0 Å². The maximum absolute atomic E-state index is 11.4. The molecular formula is C12H24IN3O2. The summed E-state index contributed by atoms with van der Waals surface area (Å²) in [5.41, 5.74) is 5.17. The monoisotopic (exact) mass is 369 g/mol. The molecule has 0 saturated heterocycles. The van der Waals surface area contributed by atoms with E-state index in [2.05, 4.69) is 10.3 Å². The third kappa shape index (κ3) is 7.73. The Kier molecular flexibility index (Phi) is 7.58. The standard InChI is InChI=1S/C12H23N3O2.HI/c1-12(2,3)17-10(16)8-15-11(13)14-7-9-5-4-6-9;/h9H,4-8H2,1-3H3,(H3,13,14,15);1H. The summed E-state index contributed by atoms with van der Waals surface area (Å²) in [5, 5.41) is 3.02. The van der Waals surface area contributed by atoms with Gasteiger partial charge in [-0.05, 0) is 39.5 Å². The molecule has 1 aliphatic rings. The van der Waals surface area contributed by atoms with Crippen LogP contribution in [0.2, 0.25) is 0 Å². The molecule has 3 N–H and O–H groups in total. The molecule has 1 fully saturated rings. The molecule has 0 bridgehead atoms. The zero-order chi connectivity index (χ0) is 12.9. The quantitative estimate of drug-likeness (QED) is 0.342. The molecule has 0 unspecified atom stereocenters. The van der Waals surface area contributed by atoms with Crippen molar-refractivity contribution in [3.05, 3.63) is 0 Å². The van der Waals surface area contributed by atoms with Crippen LogP contribution in [0.1, 0.15) is 40.0 Å². The van der Waals surface area contributed by atoms with E-state index in [9.17, 15) is 4.79 Å². The van der Waals surface area contributed by atoms with E-state index in [1.54, 1.807) is 0 Å². The van der Waals surface area contributed by atoms with Crippen molar-refractivity contribution < 1.29 is 9.53 Å². The van der Waals surface area contributed by atoms with Crippen molar-refractivity contribution in [2.24, 2.45) is 16.6 Å². The summed E-state index contributed by atoms with van der Waals surface area (Å²) < 4.78 is 5.12. The molecule has 0 aromatic heterocycles. The lowest BCUT2D eigenvalue weighted by atomic mass is 9.85. The van der Waals surface area contributed by atoms with E-state index in [-0.39, 0.29) is 36.5 Å². The Morgan fingerprint density at radius 1 is 1.44 bits per heavy atom. The molecule has 106 valence electrons. The van der Waals surface area contributed by atoms with Crippen molar-refractivity contribution in [3.63, 3.8) is 0 Å². The van der Waals surface area contributed by atoms with Crippen molar-refractivity contribution in [2.75, 3.05) is 13.1 Å². The summed E-state index contributed by atoms with van der Waals surface area (Å²) in [6, 6.07) is 0. The molecule has 18 heavy (non-hydrogen) atoms. The summed E-state index contributed by atoms with van der Waals surface area (Å²) in [5.74, 6) is 0.680. The lowest BCUT2D eigenvalue weighted by Crippen LogP contribution is -2.38. The fourth-order valence-electron chi connectivity index (χ4n) is 1.53. The second-order valence-electron chi connectivity index (χ2n) is 5.47. The Labute approximate surface area is 126 Å². The van der Waals surface area contributed by atoms with Gasteiger partial charge in [-0.2, -0.15) is 0 Å². The van der Waals surface area contributed by atoms with Crippen molar-refractivity contribution in [3.8, 4) is 0 Å². The minimum absolute atomic E-state index is 0. The van der Waals surface area contributed by atoms with Crippen LogP contribution in [0.15, 0.2) is 4.99 Å². The molecule has 1 rings (SSSR count). The Balaban J connectivity index is 0.00000289. The van der Waals surface area contributed by atoms with Gasteiger partial charge >= 0.3 is 5.97 Å². The molecule has 0 spiro atoms. The first-order valence-electron chi connectivity index (χ1n) is 6.12. The molecule has 0 atom stereocenters. The van der Waals surface area contributed by atoms with Gasteiger partial charge in [-0.3, -0.25) is 4.79 Å². The molecule has 6 heteroatoms. The third-order valence-corrected chi connectivity index (χ3v) is 2.60. The second kappa shape index (κ2) is 7.81. The van der Waals surface area contributed by atoms with Gasteiger partial charge in [0.25, 0.3) is 0 Å². The smallest absolute Gasteiger partial charge is 0.328 e. The van der Waals surface area contributed by atoms with Gasteiger partial charge in [0.15, 0.2) is 5.96 Å². The predicted octanol–water partition coefficient (Wildman–Crippen LogP) is 1.65. The van der Waals surface area contributed by atoms with Crippen LogP contribution in [0.4, 0.5) is 0 Å². The first kappa shape index (κ1) is 17.5. The number of carbonyl (C=O) groups excluding carboxylic acids is 1. The Hall–Kier alpha value is -0.530. The summed E-state index contributed by atoms with van der Waals surface area (Å²) in [4.78, 5) is 15.3. The van der Waals surface area contributed by atoms with E-state index < -0.39 is 5.60 Å². The molecule has 0 aromatic rings. The largest absolute Gasteiger partial charge is 0.459 e. The lowest BCUT2D eigenvalue weighted by molar-refractivity contribution is -0.152. The molecule has 0 amide bonds. The zero-order valence-electron chi connectivity index (χ0n) is 11.4. The Morgan fingerprint density at radius 3 is 2.50 bits per heavy atom. The van der Waals surface area contributed by atoms with Crippen molar-refractivity contribution in [2.45, 2.75) is 45.6 Å². The minimum atomic E-state index is -0.472. The highest BCUT2D eigenvalue weighted by atomic mass is 127. The Morgan fingerprint density at radius 2 is 2.06 bits per heavy atom. The van der Waals surface area contributed by atoms with E-state index in [0.717, 1.165) is 6.54 Å². The van der Waals surface area contributed by atoms with E-state index in [4.69, 9.17) is 10.5 Å². The number of halogens is 1. The predicted molar refractivity (Wildman–Crippen MR) is 83.1 cm³/mol. The van der Waals surface area contributed by atoms with Crippen LogP contribution in [0.5, 0.6) is 0 Å². The number of hydrogen-bond acceptors (Lipinski definition) is 3. The average Bonchev–Trinajstić information content (AvgIpc) is 2.09. The van der Waals surface area contributed by atoms with Gasteiger partial charge in [0.05, 0.1) is 0 Å². The minimum Gasteiger partial charge on any atom is -0.459 e. The second-order valence-corrected chi connectivity index (χ2v) is 5.47. The fourth-order valence-corrected chi connectivity index (χ4v) is 1.53. The van der Waals surface area contributed by atoms with Crippen LogP contribution < -0.4 is 11.1 Å². The molecule has 5 nitrogen and oxygen atoms in total. The number of nitrogens with zero attached hydrogens (tertiary/aromatic N) is 1. The normalized spacial score (nSPS) is 16.5. The van der Waals surface area contributed by atoms with Crippen LogP contribution >= 0.6 is 24.0 Å². The van der Waals surface area contributed by atoms with Crippen LogP contribution in [-0.2, 0) is 9.53 Å². The number of carbonyl (C=O) groups is 1. The maximum Gasteiger partial charge on any atom is 0.328 e. The van der Waals surface area contributed by atoms with Gasteiger partial charge in [-0.1, -0.05) is 6.42 Å². The summed E-state index contributed by atoms with van der Waals surface area (Å²) >= 11 is 0. The topological polar surface area (TPSA) is 76.7 Å². The number of ether oxygens (including phenoxy) is 1. The number of esters is 1. The van der Waals surface area contributed by atoms with Gasteiger partial charge in [0, 0.05) is 6.54 Å². The van der Waals surface area contributed by atoms with Gasteiger partial charge < -0.3 is 15.8 Å². The van der Waals surface area contributed by atoms with Crippen LogP contribution in [-0.4, -0.2) is 30.6 Å². The third-order valence-electron chi connectivity index (χ3n) is 2.60. The summed E-state index contributed by atoms with van der Waals surface area (Å²) in [6.07, 6.45) is 3.82. The molecule has 1 saturated carbocycles. The van der Waals surface area contributed by atoms with E-state index >= 15 is 0 Å². The number of hydrogen-bond donors (Lipinski definition) is 2. The molecule has 0 aromatic carbocycles. The van der Waals surface area contributed by atoms with Gasteiger partial charge in [-0.25, -0.2) is 4.99 Å². The lowest BCUT2D eigenvalue weighted by Gasteiger charge is -2.25. The maximum atomic E-state index is 11.4. The zero-order valence-corrected chi connectivity index (χ0v) is 13.7. The molecular weight excluding hydrogens is 345 g/mol. The van der Waals surface area contributed by atoms with Crippen molar-refractivity contribution in [1.29, 1.82) is 0 Å². The number of nitrogens with two attached hydrogens (primary N) is 1. The molecule has 0 radical (unpaired) electrons. The number of guanidine groups is 1. The molecule has 0 heterocycles. The number of aliphatic imine (C=N–C) groups is 1. The highest BCUT2D eigenvalue weighted by Crippen LogP contribution is 2.24. The van der Waals surface area contributed by atoms with Gasteiger partial charge in [0.1, 0.15) is 12.1 Å². The first-order chi connectivity index (χ1) is 7.87. The van der Waals surface area contributed by atoms with E-state index in [1.165, 1.54) is 19.3 Å². The SMILES string of the molecule is CC(C)(C)OC(=O)CN=C(N)NCC1CCC1.I. The number of rotatable bonds is 4. The van der Waals surface area contributed by atoms with Crippen LogP contribution in [0.3, 0.4) is 0 Å². The summed E-state index contributed by atoms with van der Waals surface area (Å²) in [7, 11) is 0. The van der Waals surface area contributed by atoms with E-state index in [0.29, 0.717) is 11.9 Å². The Bertz CT molecular complexity index is 296. The molecule has 1 aliphatic carbocycles. The highest BCUT2D eigenvalue weighted by molar-refractivity contribution is 14.0. The van der Waals surface area contributed by atoms with Gasteiger partial charge in [-0.15, -0.1) is 24.0 Å². The average molecular weight is 369 g/mol. The fraction of sp³-hybridized carbons (Fsp3) is 0.833.